The maximum absolute atomic E-state index is 12.5. The lowest BCUT2D eigenvalue weighted by molar-refractivity contribution is -0.117. The Hall–Kier alpha value is -3.08. The van der Waals surface area contributed by atoms with E-state index in [0.717, 1.165) is 40.9 Å². The summed E-state index contributed by atoms with van der Waals surface area (Å²) in [5.74, 6) is 0.642. The summed E-state index contributed by atoms with van der Waals surface area (Å²) >= 11 is 0. The van der Waals surface area contributed by atoms with Crippen molar-refractivity contribution < 1.29 is 14.3 Å². The molecule has 5 nitrogen and oxygen atoms in total. The molecule has 2 aromatic rings. The van der Waals surface area contributed by atoms with E-state index in [4.69, 9.17) is 4.74 Å². The van der Waals surface area contributed by atoms with Crippen LogP contribution in [-0.2, 0) is 20.9 Å². The first-order valence-electron chi connectivity index (χ1n) is 8.43. The van der Waals surface area contributed by atoms with Crippen molar-refractivity contribution in [3.05, 3.63) is 59.2 Å². The summed E-state index contributed by atoms with van der Waals surface area (Å²) in [5, 5.41) is 5.84. The third-order valence-corrected chi connectivity index (χ3v) is 4.84. The van der Waals surface area contributed by atoms with Gasteiger partial charge in [-0.2, -0.15) is 0 Å². The summed E-state index contributed by atoms with van der Waals surface area (Å²) in [5.41, 5.74) is 4.83. The Labute approximate surface area is 144 Å². The highest BCUT2D eigenvalue weighted by Crippen LogP contribution is 2.42. The van der Waals surface area contributed by atoms with Gasteiger partial charge in [-0.1, -0.05) is 24.3 Å². The van der Waals surface area contributed by atoms with Crippen LogP contribution in [0.4, 0.5) is 11.4 Å². The molecule has 5 heteroatoms. The first kappa shape index (κ1) is 14.3. The molecule has 1 aliphatic carbocycles. The summed E-state index contributed by atoms with van der Waals surface area (Å²) in [6.45, 7) is 0.431. The van der Waals surface area contributed by atoms with E-state index in [1.54, 1.807) is 0 Å². The molecule has 2 aromatic carbocycles. The predicted octanol–water partition coefficient (Wildman–Crippen LogP) is 3.39. The number of para-hydroxylation sites is 1. The highest BCUT2D eigenvalue weighted by atomic mass is 16.5. The van der Waals surface area contributed by atoms with Crippen LogP contribution in [-0.4, -0.2) is 11.8 Å². The number of amides is 2. The Balaban J connectivity index is 1.58. The van der Waals surface area contributed by atoms with E-state index >= 15 is 0 Å². The standard InChI is InChI=1S/C20H16N2O3/c23-19(11-5-6-11)21-13-8-7-12-10-25-18(15(12)9-13)17-14-3-1-2-4-16(14)22-20(17)24/h1-4,7-9,11H,5-6,10H2,(H,21,23)(H,22,24)/b18-17+. The minimum absolute atomic E-state index is 0.0667. The molecule has 0 atom stereocenters. The molecule has 3 aliphatic rings. The van der Waals surface area contributed by atoms with Crippen LogP contribution in [0.2, 0.25) is 0 Å². The molecule has 2 aliphatic heterocycles. The molecular formula is C20H16N2O3. The average Bonchev–Trinajstić information content (AvgIpc) is 3.31. The van der Waals surface area contributed by atoms with Crippen LogP contribution < -0.4 is 10.6 Å². The quantitative estimate of drug-likeness (QED) is 0.829. The van der Waals surface area contributed by atoms with Gasteiger partial charge in [0, 0.05) is 34.0 Å². The lowest BCUT2D eigenvalue weighted by Gasteiger charge is -2.08. The average molecular weight is 332 g/mol. The number of carbonyl (C=O) groups excluding carboxylic acids is 2. The Morgan fingerprint density at radius 2 is 1.96 bits per heavy atom. The summed E-state index contributed by atoms with van der Waals surface area (Å²) in [6.07, 6.45) is 1.93. The zero-order valence-corrected chi connectivity index (χ0v) is 13.5. The van der Waals surface area contributed by atoms with Crippen LogP contribution in [0.5, 0.6) is 0 Å². The summed E-state index contributed by atoms with van der Waals surface area (Å²) in [7, 11) is 0. The van der Waals surface area contributed by atoms with E-state index in [1.165, 1.54) is 0 Å². The van der Waals surface area contributed by atoms with Crippen LogP contribution in [0, 0.1) is 5.92 Å². The summed E-state index contributed by atoms with van der Waals surface area (Å²) in [4.78, 5) is 24.5. The van der Waals surface area contributed by atoms with Crippen molar-refractivity contribution in [3.8, 4) is 0 Å². The minimum Gasteiger partial charge on any atom is -0.487 e. The Kier molecular flexibility index (Phi) is 2.98. The second-order valence-corrected chi connectivity index (χ2v) is 6.63. The largest absolute Gasteiger partial charge is 0.487 e. The van der Waals surface area contributed by atoms with Gasteiger partial charge in [-0.25, -0.2) is 0 Å². The molecule has 0 radical (unpaired) electrons. The van der Waals surface area contributed by atoms with Gasteiger partial charge in [0.25, 0.3) is 5.91 Å². The van der Waals surface area contributed by atoms with E-state index in [2.05, 4.69) is 10.6 Å². The monoisotopic (exact) mass is 332 g/mol. The molecule has 0 unspecified atom stereocenters. The molecule has 0 saturated heterocycles. The molecule has 0 bridgehead atoms. The first-order chi connectivity index (χ1) is 12.2. The zero-order chi connectivity index (χ0) is 17.0. The highest BCUT2D eigenvalue weighted by molar-refractivity contribution is 6.36. The van der Waals surface area contributed by atoms with Crippen molar-refractivity contribution in [2.45, 2.75) is 19.4 Å². The second-order valence-electron chi connectivity index (χ2n) is 6.63. The van der Waals surface area contributed by atoms with E-state index in [0.29, 0.717) is 17.9 Å². The zero-order valence-electron chi connectivity index (χ0n) is 13.5. The van der Waals surface area contributed by atoms with E-state index in [9.17, 15) is 9.59 Å². The van der Waals surface area contributed by atoms with Crippen LogP contribution in [0.3, 0.4) is 0 Å². The highest BCUT2D eigenvalue weighted by Gasteiger charge is 2.33. The van der Waals surface area contributed by atoms with Crippen LogP contribution in [0.1, 0.15) is 29.5 Å². The molecule has 0 spiro atoms. The van der Waals surface area contributed by atoms with E-state index < -0.39 is 0 Å². The lowest BCUT2D eigenvalue weighted by atomic mass is 10.00. The lowest BCUT2D eigenvalue weighted by Crippen LogP contribution is -2.13. The van der Waals surface area contributed by atoms with Gasteiger partial charge >= 0.3 is 0 Å². The topological polar surface area (TPSA) is 67.4 Å². The smallest absolute Gasteiger partial charge is 0.260 e. The number of rotatable bonds is 2. The fourth-order valence-corrected chi connectivity index (χ4v) is 3.36. The van der Waals surface area contributed by atoms with Gasteiger partial charge in [0.2, 0.25) is 5.91 Å². The summed E-state index contributed by atoms with van der Waals surface area (Å²) in [6, 6.07) is 13.3. The fraction of sp³-hybridized carbons (Fsp3) is 0.200. The Morgan fingerprint density at radius 1 is 1.12 bits per heavy atom. The van der Waals surface area contributed by atoms with Gasteiger partial charge < -0.3 is 15.4 Å². The van der Waals surface area contributed by atoms with Crippen molar-refractivity contribution >= 4 is 34.5 Å². The number of hydrogen-bond acceptors (Lipinski definition) is 3. The Bertz CT molecular complexity index is 957. The Morgan fingerprint density at radius 3 is 2.80 bits per heavy atom. The van der Waals surface area contributed by atoms with Crippen LogP contribution >= 0.6 is 0 Å². The fourth-order valence-electron chi connectivity index (χ4n) is 3.36. The predicted molar refractivity (Wildman–Crippen MR) is 94.5 cm³/mol. The molecule has 25 heavy (non-hydrogen) atoms. The normalized spacial score (nSPS) is 20.6. The van der Waals surface area contributed by atoms with Crippen molar-refractivity contribution in [1.29, 1.82) is 0 Å². The minimum atomic E-state index is -0.156. The number of anilines is 2. The molecule has 124 valence electrons. The molecule has 2 heterocycles. The first-order valence-corrected chi connectivity index (χ1v) is 8.43. The molecule has 1 fully saturated rings. The molecule has 2 amide bonds. The van der Waals surface area contributed by atoms with Crippen molar-refractivity contribution in [2.24, 2.45) is 5.92 Å². The van der Waals surface area contributed by atoms with Gasteiger partial charge in [0.15, 0.2) is 0 Å². The van der Waals surface area contributed by atoms with Gasteiger partial charge in [0.1, 0.15) is 12.4 Å². The molecule has 0 aromatic heterocycles. The maximum Gasteiger partial charge on any atom is 0.260 e. The number of ether oxygens (including phenoxy) is 1. The van der Waals surface area contributed by atoms with Crippen molar-refractivity contribution in [3.63, 3.8) is 0 Å². The van der Waals surface area contributed by atoms with Crippen molar-refractivity contribution in [1.82, 2.24) is 0 Å². The number of fused-ring (bicyclic) bond motifs is 2. The number of hydrogen-bond donors (Lipinski definition) is 2. The molecule has 1 saturated carbocycles. The molecule has 2 N–H and O–H groups in total. The van der Waals surface area contributed by atoms with Crippen LogP contribution in [0.25, 0.3) is 11.3 Å². The third kappa shape index (κ3) is 2.31. The van der Waals surface area contributed by atoms with Gasteiger partial charge in [-0.15, -0.1) is 0 Å². The SMILES string of the molecule is O=C1Nc2ccccc2/C1=C1\OCc2ccc(NC(=O)C3CC3)cc21. The van der Waals surface area contributed by atoms with Gasteiger partial charge in [-0.05, 0) is 31.0 Å². The van der Waals surface area contributed by atoms with E-state index in [1.807, 2.05) is 42.5 Å². The van der Waals surface area contributed by atoms with Crippen molar-refractivity contribution in [2.75, 3.05) is 10.6 Å². The van der Waals surface area contributed by atoms with Gasteiger partial charge in [0.05, 0.1) is 5.57 Å². The molecular weight excluding hydrogens is 316 g/mol. The van der Waals surface area contributed by atoms with Crippen LogP contribution in [0.15, 0.2) is 42.5 Å². The van der Waals surface area contributed by atoms with E-state index in [-0.39, 0.29) is 17.7 Å². The number of nitrogens with one attached hydrogen (secondary N) is 2. The number of carbonyl (C=O) groups is 2. The summed E-state index contributed by atoms with van der Waals surface area (Å²) < 4.78 is 5.86. The third-order valence-electron chi connectivity index (χ3n) is 4.84. The second kappa shape index (κ2) is 5.21. The number of benzene rings is 2. The maximum atomic E-state index is 12.5. The van der Waals surface area contributed by atoms with Gasteiger partial charge in [-0.3, -0.25) is 9.59 Å². The molecule has 5 rings (SSSR count).